The van der Waals surface area contributed by atoms with Gasteiger partial charge in [0.05, 0.1) is 30.7 Å². The first-order chi connectivity index (χ1) is 26.8. The van der Waals surface area contributed by atoms with Crippen LogP contribution in [0.25, 0.3) is 11.2 Å². The van der Waals surface area contributed by atoms with E-state index in [-0.39, 0.29) is 34.2 Å². The number of aliphatic hydroxyl groups is 2. The highest BCUT2D eigenvalue weighted by atomic mass is 31.2. The van der Waals surface area contributed by atoms with Gasteiger partial charge in [-0.25, -0.2) is 28.9 Å². The summed E-state index contributed by atoms with van der Waals surface area (Å²) in [5.41, 5.74) is 9.48. The monoisotopic (exact) mass is 797 g/mol. The number of anilines is 2. The second-order valence-corrected chi connectivity index (χ2v) is 13.7. The number of hydrogen-bond acceptors (Lipinski definition) is 19. The predicted molar refractivity (Wildman–Crippen MR) is 186 cm³/mol. The van der Waals surface area contributed by atoms with Gasteiger partial charge < -0.3 is 45.5 Å². The van der Waals surface area contributed by atoms with Crippen molar-refractivity contribution in [1.29, 1.82) is 0 Å². The molecule has 24 heteroatoms. The van der Waals surface area contributed by atoms with Crippen molar-refractivity contribution in [2.75, 3.05) is 24.7 Å². The third-order valence-corrected chi connectivity index (χ3v) is 9.67. The summed E-state index contributed by atoms with van der Waals surface area (Å²) in [6.07, 6.45) is -10.7. The number of fused-ring (bicyclic) bond motifs is 1. The first-order valence-corrected chi connectivity index (χ1v) is 18.0. The summed E-state index contributed by atoms with van der Waals surface area (Å²) in [4.78, 5) is 80.3. The molecule has 0 spiro atoms. The highest BCUT2D eigenvalue weighted by Crippen LogP contribution is 2.50. The molecule has 0 saturated carbocycles. The number of H-pyrrole nitrogens is 1. The van der Waals surface area contributed by atoms with Gasteiger partial charge in [0.25, 0.3) is 5.56 Å². The first kappa shape index (κ1) is 38.4. The van der Waals surface area contributed by atoms with Crippen LogP contribution in [0.3, 0.4) is 0 Å². The van der Waals surface area contributed by atoms with Crippen LogP contribution in [-0.4, -0.2) is 111 Å². The number of nitrogens with two attached hydrogens (primary N) is 2. The molecule has 23 nitrogen and oxygen atoms in total. The van der Waals surface area contributed by atoms with Gasteiger partial charge in [-0.05, 0) is 24.3 Å². The van der Waals surface area contributed by atoms with Crippen LogP contribution < -0.4 is 22.7 Å². The lowest BCUT2D eigenvalue weighted by molar-refractivity contribution is -0.0617. The number of nitrogen functional groups attached to an aromatic ring is 2. The van der Waals surface area contributed by atoms with Crippen molar-refractivity contribution in [3.63, 3.8) is 0 Å². The summed E-state index contributed by atoms with van der Waals surface area (Å²) in [5.74, 6) is -2.49. The molecule has 2 aromatic carbocycles. The number of aliphatic hydroxyl groups excluding tert-OH is 2. The first-order valence-electron chi connectivity index (χ1n) is 16.5. The number of hydrogen-bond donors (Lipinski definition) is 6. The lowest BCUT2D eigenvalue weighted by Gasteiger charge is -2.26. The van der Waals surface area contributed by atoms with E-state index in [9.17, 15) is 38.8 Å². The van der Waals surface area contributed by atoms with E-state index >= 15 is 0 Å². The standard InChI is InChI=1S/C32H32N9O14P/c33-30-36-14-41(32(47)39-30)27-23(54-29(46)16-9-5-2-6-10-16)21(17(11-42)51-27)55-56(48,49)50-12-18-20(43)22(53-28(45)15-7-3-1-4-8-15)26(52-18)40-13-35-19-24(40)37-31(34)38-25(19)44/h1-10,13-14,17-18,20-23,26-27,42-43H,11-12H2,(H,48,49)(H2,33,39,47)(H3,34,37,38,44)/t17-,18-,20+,21?,22?,23?,26-,27-/m1/s1. The SMILES string of the molecule is Nc1ncn([C@@H]2O[C@H](CO)C(OP(=O)(O)OC[C@H]3O[C@@H](n4cnc5c(=O)[nH]c(N)nc54)C(OC(=O)c4ccccc4)[C@H]3O)C2OC(=O)c2ccccc2)c(=O)n1. The number of phosphoric acid groups is 1. The van der Waals surface area contributed by atoms with Gasteiger partial charge in [-0.2, -0.15) is 9.97 Å². The van der Waals surface area contributed by atoms with Crippen molar-refractivity contribution in [1.82, 2.24) is 34.1 Å². The molecule has 2 aliphatic rings. The molecule has 5 aromatic rings. The Balaban J connectivity index is 1.14. The number of esters is 2. The van der Waals surface area contributed by atoms with Crippen LogP contribution >= 0.6 is 7.82 Å². The number of rotatable bonds is 12. The van der Waals surface area contributed by atoms with Crippen molar-refractivity contribution in [3.8, 4) is 0 Å². The molecule has 0 aliphatic carbocycles. The highest BCUT2D eigenvalue weighted by molar-refractivity contribution is 7.47. The maximum absolute atomic E-state index is 13.6. The van der Waals surface area contributed by atoms with E-state index in [0.717, 1.165) is 17.2 Å². The van der Waals surface area contributed by atoms with Crippen molar-refractivity contribution < 1.29 is 57.3 Å². The lowest BCUT2D eigenvalue weighted by atomic mass is 10.1. The molecule has 56 heavy (non-hydrogen) atoms. The highest BCUT2D eigenvalue weighted by Gasteiger charge is 2.53. The molecule has 4 unspecified atom stereocenters. The second-order valence-electron chi connectivity index (χ2n) is 12.3. The maximum Gasteiger partial charge on any atom is 0.472 e. The molecule has 2 aliphatic heterocycles. The Hall–Kier alpha value is -5.91. The van der Waals surface area contributed by atoms with Crippen LogP contribution in [0.5, 0.6) is 0 Å². The molecule has 7 rings (SSSR count). The number of phosphoric ester groups is 1. The van der Waals surface area contributed by atoms with Crippen LogP contribution in [-0.2, 0) is 32.6 Å². The van der Waals surface area contributed by atoms with Crippen molar-refractivity contribution >= 4 is 42.8 Å². The Labute approximate surface area is 313 Å². The number of benzene rings is 2. The number of carbonyl (C=O) groups is 2. The predicted octanol–water partition coefficient (Wildman–Crippen LogP) is -0.963. The molecule has 8 N–H and O–H groups in total. The Bertz CT molecular complexity index is 2400. The second kappa shape index (κ2) is 15.7. The van der Waals surface area contributed by atoms with Gasteiger partial charge in [-0.3, -0.25) is 28.0 Å². The third kappa shape index (κ3) is 7.78. The van der Waals surface area contributed by atoms with Crippen LogP contribution in [0.1, 0.15) is 33.2 Å². The fraction of sp³-hybridized carbons (Fsp3) is 0.312. The molecule has 3 aromatic heterocycles. The molecule has 0 amide bonds. The minimum atomic E-state index is -5.30. The minimum absolute atomic E-state index is 0.0550. The maximum atomic E-state index is 13.6. The van der Waals surface area contributed by atoms with E-state index in [1.54, 1.807) is 36.4 Å². The number of aromatic amines is 1. The van der Waals surface area contributed by atoms with Crippen molar-refractivity contribution in [2.24, 2.45) is 0 Å². The summed E-state index contributed by atoms with van der Waals surface area (Å²) < 4.78 is 49.2. The number of nitrogens with one attached hydrogen (secondary N) is 1. The Morgan fingerprint density at radius 3 is 2.05 bits per heavy atom. The average Bonchev–Trinajstić information content (AvgIpc) is 3.84. The van der Waals surface area contributed by atoms with E-state index in [4.69, 9.17) is 39.5 Å². The quantitative estimate of drug-likeness (QED) is 0.0654. The zero-order valence-electron chi connectivity index (χ0n) is 28.6. The smallest absolute Gasteiger partial charge is 0.451 e. The number of ether oxygens (including phenoxy) is 4. The minimum Gasteiger partial charge on any atom is -0.451 e. The Morgan fingerprint density at radius 2 is 1.43 bits per heavy atom. The van der Waals surface area contributed by atoms with Crippen LogP contribution in [0.4, 0.5) is 11.9 Å². The van der Waals surface area contributed by atoms with Gasteiger partial charge in [-0.1, -0.05) is 36.4 Å². The number of carbonyl (C=O) groups excluding carboxylic acids is 2. The topological polar surface area (TPSA) is 331 Å². The number of nitrogens with zero attached hydrogens (tertiary/aromatic N) is 6. The third-order valence-electron chi connectivity index (χ3n) is 8.68. The summed E-state index contributed by atoms with van der Waals surface area (Å²) in [7, 11) is -5.30. The van der Waals surface area contributed by atoms with E-state index in [0.29, 0.717) is 0 Å². The molecule has 2 fully saturated rings. The summed E-state index contributed by atoms with van der Waals surface area (Å²) in [6.45, 7) is -1.76. The zero-order valence-corrected chi connectivity index (χ0v) is 29.5. The molecule has 0 bridgehead atoms. The van der Waals surface area contributed by atoms with Crippen molar-refractivity contribution in [3.05, 3.63) is 105 Å². The molecular formula is C32H32N9O14P. The van der Waals surface area contributed by atoms with Gasteiger partial charge in [0, 0.05) is 0 Å². The average molecular weight is 798 g/mol. The van der Waals surface area contributed by atoms with E-state index in [2.05, 4.69) is 24.9 Å². The van der Waals surface area contributed by atoms with E-state index < -0.39 is 93.3 Å². The van der Waals surface area contributed by atoms with Crippen molar-refractivity contribution in [2.45, 2.75) is 49.1 Å². The zero-order chi connectivity index (χ0) is 39.7. The van der Waals surface area contributed by atoms with Gasteiger partial charge in [0.2, 0.25) is 11.9 Å². The van der Waals surface area contributed by atoms with Gasteiger partial charge >= 0.3 is 25.5 Å². The fourth-order valence-corrected chi connectivity index (χ4v) is 7.04. The summed E-state index contributed by atoms with van der Waals surface area (Å²) >= 11 is 0. The van der Waals surface area contributed by atoms with E-state index in [1.165, 1.54) is 28.8 Å². The molecule has 2 saturated heterocycles. The lowest BCUT2D eigenvalue weighted by Crippen LogP contribution is -2.41. The molecule has 9 atom stereocenters. The van der Waals surface area contributed by atoms with Crippen LogP contribution in [0.15, 0.2) is 82.9 Å². The number of imidazole rings is 1. The van der Waals surface area contributed by atoms with Gasteiger partial charge in [-0.15, -0.1) is 0 Å². The van der Waals surface area contributed by atoms with E-state index in [1.807, 2.05) is 0 Å². The Morgan fingerprint density at radius 1 is 0.839 bits per heavy atom. The van der Waals surface area contributed by atoms with Gasteiger partial charge in [0.15, 0.2) is 35.8 Å². The molecule has 5 heterocycles. The molecular weight excluding hydrogens is 765 g/mol. The largest absolute Gasteiger partial charge is 0.472 e. The normalized spacial score (nSPS) is 25.8. The summed E-state index contributed by atoms with van der Waals surface area (Å²) in [6, 6.07) is 15.4. The Kier molecular flexibility index (Phi) is 10.7. The molecule has 0 radical (unpaired) electrons. The van der Waals surface area contributed by atoms with Crippen LogP contribution in [0.2, 0.25) is 0 Å². The van der Waals surface area contributed by atoms with Crippen LogP contribution in [0, 0.1) is 0 Å². The molecule has 294 valence electrons. The van der Waals surface area contributed by atoms with Gasteiger partial charge in [0.1, 0.15) is 30.7 Å². The number of aromatic nitrogens is 7. The fourth-order valence-electron chi connectivity index (χ4n) is 6.08. The summed E-state index contributed by atoms with van der Waals surface area (Å²) in [5, 5.41) is 21.6.